The normalized spacial score (nSPS) is 17.0. The van der Waals surface area contributed by atoms with E-state index < -0.39 is 6.04 Å². The van der Waals surface area contributed by atoms with Gasteiger partial charge in [-0.25, -0.2) is 9.50 Å². The SMILES string of the molecule is Cc1nn2cc(CNC(=O)CC3C(=O)NCCN3Cc3cccc4ccccc34)nc2s1. The van der Waals surface area contributed by atoms with E-state index in [1.54, 1.807) is 4.52 Å². The maximum atomic E-state index is 12.7. The Labute approximate surface area is 189 Å². The second kappa shape index (κ2) is 8.68. The summed E-state index contributed by atoms with van der Waals surface area (Å²) < 4.78 is 1.72. The molecule has 1 aliphatic rings. The second-order valence-corrected chi connectivity index (χ2v) is 9.14. The molecule has 2 aromatic heterocycles. The van der Waals surface area contributed by atoms with Gasteiger partial charge in [0.15, 0.2) is 0 Å². The summed E-state index contributed by atoms with van der Waals surface area (Å²) in [6.45, 7) is 4.15. The number of rotatable bonds is 6. The van der Waals surface area contributed by atoms with Gasteiger partial charge in [0.05, 0.1) is 30.9 Å². The quantitative estimate of drug-likeness (QED) is 0.472. The van der Waals surface area contributed by atoms with Crippen LogP contribution in [0.3, 0.4) is 0 Å². The van der Waals surface area contributed by atoms with E-state index in [1.807, 2.05) is 31.3 Å². The van der Waals surface area contributed by atoms with Crippen molar-refractivity contribution < 1.29 is 9.59 Å². The Morgan fingerprint density at radius 3 is 2.97 bits per heavy atom. The third kappa shape index (κ3) is 4.21. The van der Waals surface area contributed by atoms with Gasteiger partial charge in [-0.15, -0.1) is 0 Å². The van der Waals surface area contributed by atoms with Crippen LogP contribution in [0.2, 0.25) is 0 Å². The highest BCUT2D eigenvalue weighted by Crippen LogP contribution is 2.22. The van der Waals surface area contributed by atoms with Gasteiger partial charge in [-0.05, 0) is 23.3 Å². The van der Waals surface area contributed by atoms with Crippen molar-refractivity contribution in [1.82, 2.24) is 30.1 Å². The summed E-state index contributed by atoms with van der Waals surface area (Å²) in [6, 6.07) is 13.9. The van der Waals surface area contributed by atoms with Crippen LogP contribution in [0.5, 0.6) is 0 Å². The molecule has 0 spiro atoms. The van der Waals surface area contributed by atoms with Crippen molar-refractivity contribution in [3.63, 3.8) is 0 Å². The highest BCUT2D eigenvalue weighted by atomic mass is 32.1. The first-order valence-electron chi connectivity index (χ1n) is 10.6. The summed E-state index contributed by atoms with van der Waals surface area (Å²) in [4.78, 5) is 32.7. The number of fused-ring (bicyclic) bond motifs is 2. The molecular formula is C23H24N6O2S. The van der Waals surface area contributed by atoms with E-state index in [9.17, 15) is 9.59 Å². The van der Waals surface area contributed by atoms with Gasteiger partial charge in [0.25, 0.3) is 0 Å². The lowest BCUT2D eigenvalue weighted by Gasteiger charge is -2.35. The lowest BCUT2D eigenvalue weighted by molar-refractivity contribution is -0.134. The number of nitrogens with one attached hydrogen (secondary N) is 2. The monoisotopic (exact) mass is 448 g/mol. The standard InChI is InChI=1S/C23H24N6O2S/c1-15-27-29-14-18(26-23(29)32-15)12-25-21(30)11-20-22(31)24-9-10-28(20)13-17-7-4-6-16-5-2-3-8-19(16)17/h2-8,14,20H,9-13H2,1H3,(H,24,31)(H,25,30). The minimum absolute atomic E-state index is 0.103. The fourth-order valence-corrected chi connectivity index (χ4v) is 4.93. The first-order valence-corrected chi connectivity index (χ1v) is 11.5. The number of carbonyl (C=O) groups is 2. The zero-order valence-electron chi connectivity index (χ0n) is 17.7. The lowest BCUT2D eigenvalue weighted by Crippen LogP contribution is -2.56. The van der Waals surface area contributed by atoms with Crippen molar-refractivity contribution in [2.75, 3.05) is 13.1 Å². The van der Waals surface area contributed by atoms with Crippen LogP contribution >= 0.6 is 11.3 Å². The Morgan fingerprint density at radius 1 is 1.25 bits per heavy atom. The molecule has 9 heteroatoms. The van der Waals surface area contributed by atoms with Crippen LogP contribution in [-0.4, -0.2) is 50.4 Å². The van der Waals surface area contributed by atoms with E-state index in [0.717, 1.165) is 21.2 Å². The number of hydrogen-bond acceptors (Lipinski definition) is 6. The van der Waals surface area contributed by atoms with Crippen molar-refractivity contribution in [3.8, 4) is 0 Å². The summed E-state index contributed by atoms with van der Waals surface area (Å²) in [6.07, 6.45) is 1.93. The molecule has 1 atom stereocenters. The third-order valence-electron chi connectivity index (χ3n) is 5.73. The fraction of sp³-hybridized carbons (Fsp3) is 0.304. The number of aryl methyl sites for hydroxylation is 1. The van der Waals surface area contributed by atoms with Gasteiger partial charge in [0.2, 0.25) is 16.8 Å². The molecule has 2 amide bonds. The molecule has 164 valence electrons. The van der Waals surface area contributed by atoms with Gasteiger partial charge in [0, 0.05) is 19.6 Å². The zero-order valence-corrected chi connectivity index (χ0v) is 18.6. The Hall–Kier alpha value is -3.30. The van der Waals surface area contributed by atoms with E-state index in [1.165, 1.54) is 22.1 Å². The minimum Gasteiger partial charge on any atom is -0.353 e. The molecule has 3 heterocycles. The van der Waals surface area contributed by atoms with Gasteiger partial charge >= 0.3 is 0 Å². The molecule has 2 N–H and O–H groups in total. The van der Waals surface area contributed by atoms with E-state index in [2.05, 4.69) is 49.9 Å². The first-order chi connectivity index (χ1) is 15.6. The third-order valence-corrected chi connectivity index (χ3v) is 6.57. The van der Waals surface area contributed by atoms with Crippen LogP contribution in [0.15, 0.2) is 48.7 Å². The molecule has 5 rings (SSSR count). The number of imidazole rings is 1. The molecule has 4 aromatic rings. The van der Waals surface area contributed by atoms with Crippen LogP contribution in [0.4, 0.5) is 0 Å². The lowest BCUT2D eigenvalue weighted by atomic mass is 10.0. The van der Waals surface area contributed by atoms with Crippen LogP contribution in [-0.2, 0) is 22.7 Å². The molecule has 1 aliphatic heterocycles. The molecule has 1 unspecified atom stereocenters. The minimum atomic E-state index is -0.502. The highest BCUT2D eigenvalue weighted by molar-refractivity contribution is 7.16. The van der Waals surface area contributed by atoms with Gasteiger partial charge in [-0.1, -0.05) is 53.8 Å². The topological polar surface area (TPSA) is 91.6 Å². The molecular weight excluding hydrogens is 424 g/mol. The fourth-order valence-electron chi connectivity index (χ4n) is 4.19. The number of aromatic nitrogens is 3. The highest BCUT2D eigenvalue weighted by Gasteiger charge is 2.31. The average molecular weight is 449 g/mol. The van der Waals surface area contributed by atoms with Crippen LogP contribution in [0, 0.1) is 6.92 Å². The van der Waals surface area contributed by atoms with E-state index in [4.69, 9.17) is 0 Å². The smallest absolute Gasteiger partial charge is 0.237 e. The number of nitrogens with zero attached hydrogens (tertiary/aromatic N) is 4. The first kappa shape index (κ1) is 20.6. The maximum Gasteiger partial charge on any atom is 0.237 e. The predicted octanol–water partition coefficient (Wildman–Crippen LogP) is 2.26. The van der Waals surface area contributed by atoms with E-state index in [0.29, 0.717) is 26.2 Å². The van der Waals surface area contributed by atoms with Crippen molar-refractivity contribution in [3.05, 3.63) is 64.9 Å². The van der Waals surface area contributed by atoms with Crippen molar-refractivity contribution in [2.24, 2.45) is 0 Å². The van der Waals surface area contributed by atoms with Crippen LogP contribution < -0.4 is 10.6 Å². The molecule has 1 saturated heterocycles. The summed E-state index contributed by atoms with van der Waals surface area (Å²) in [7, 11) is 0. The van der Waals surface area contributed by atoms with E-state index >= 15 is 0 Å². The van der Waals surface area contributed by atoms with Crippen LogP contribution in [0.1, 0.15) is 22.7 Å². The van der Waals surface area contributed by atoms with Gasteiger partial charge < -0.3 is 10.6 Å². The van der Waals surface area contributed by atoms with Crippen molar-refractivity contribution in [2.45, 2.75) is 32.5 Å². The largest absolute Gasteiger partial charge is 0.353 e. The predicted molar refractivity (Wildman–Crippen MR) is 123 cm³/mol. The van der Waals surface area contributed by atoms with Gasteiger partial charge in [0.1, 0.15) is 5.01 Å². The van der Waals surface area contributed by atoms with Gasteiger partial charge in [-0.3, -0.25) is 14.5 Å². The summed E-state index contributed by atoms with van der Waals surface area (Å²) in [5, 5.41) is 13.4. The molecule has 0 saturated carbocycles. The Morgan fingerprint density at radius 2 is 2.09 bits per heavy atom. The zero-order chi connectivity index (χ0) is 22.1. The Kier molecular flexibility index (Phi) is 5.59. The molecule has 32 heavy (non-hydrogen) atoms. The molecule has 1 fully saturated rings. The number of benzene rings is 2. The van der Waals surface area contributed by atoms with Crippen LogP contribution in [0.25, 0.3) is 15.7 Å². The maximum absolute atomic E-state index is 12.7. The van der Waals surface area contributed by atoms with Gasteiger partial charge in [-0.2, -0.15) is 5.10 Å². The Bertz CT molecular complexity index is 1260. The number of piperazine rings is 1. The van der Waals surface area contributed by atoms with E-state index in [-0.39, 0.29) is 18.2 Å². The molecule has 0 bridgehead atoms. The number of amides is 2. The average Bonchev–Trinajstić information content (AvgIpc) is 3.32. The molecule has 2 aromatic carbocycles. The van der Waals surface area contributed by atoms with Crippen molar-refractivity contribution >= 4 is 38.9 Å². The molecule has 0 aliphatic carbocycles. The summed E-state index contributed by atoms with van der Waals surface area (Å²) in [5.41, 5.74) is 1.90. The Balaban J connectivity index is 1.26. The number of hydrogen-bond donors (Lipinski definition) is 2. The summed E-state index contributed by atoms with van der Waals surface area (Å²) in [5.74, 6) is -0.274. The molecule has 0 radical (unpaired) electrons. The summed E-state index contributed by atoms with van der Waals surface area (Å²) >= 11 is 1.51. The second-order valence-electron chi connectivity index (χ2n) is 7.98. The molecule has 8 nitrogen and oxygen atoms in total. The van der Waals surface area contributed by atoms with Crippen molar-refractivity contribution in [1.29, 1.82) is 0 Å². The number of carbonyl (C=O) groups excluding carboxylic acids is 2.